The number of thiophene rings is 1. The molecular formula is C14H23NS. The summed E-state index contributed by atoms with van der Waals surface area (Å²) in [5.41, 5.74) is 0.720. The molecule has 0 spiro atoms. The van der Waals surface area contributed by atoms with Crippen LogP contribution in [0.4, 0.5) is 0 Å². The predicted molar refractivity (Wildman–Crippen MR) is 72.1 cm³/mol. The van der Waals surface area contributed by atoms with E-state index in [0.717, 1.165) is 0 Å². The van der Waals surface area contributed by atoms with Crippen LogP contribution >= 0.6 is 11.3 Å². The number of hydrogen-bond acceptors (Lipinski definition) is 2. The molecule has 1 atom stereocenters. The SMILES string of the molecule is CC(C)(C)C1(CCc2cccs2)CCCN1. The van der Waals surface area contributed by atoms with Gasteiger partial charge in [0.25, 0.3) is 0 Å². The molecule has 1 nitrogen and oxygen atoms in total. The third kappa shape index (κ3) is 2.33. The molecule has 1 aliphatic rings. The zero-order valence-electron chi connectivity index (χ0n) is 10.7. The summed E-state index contributed by atoms with van der Waals surface area (Å²) >= 11 is 1.89. The monoisotopic (exact) mass is 237 g/mol. The maximum Gasteiger partial charge on any atom is 0.0233 e. The Morgan fingerprint density at radius 2 is 2.25 bits per heavy atom. The molecule has 0 amide bonds. The Bertz CT molecular complexity index is 315. The Hall–Kier alpha value is -0.340. The smallest absolute Gasteiger partial charge is 0.0233 e. The summed E-state index contributed by atoms with van der Waals surface area (Å²) in [5.74, 6) is 0. The average molecular weight is 237 g/mol. The summed E-state index contributed by atoms with van der Waals surface area (Å²) in [6.45, 7) is 8.32. The van der Waals surface area contributed by atoms with Gasteiger partial charge >= 0.3 is 0 Å². The van der Waals surface area contributed by atoms with Crippen LogP contribution in [0.1, 0.15) is 44.9 Å². The van der Waals surface area contributed by atoms with Gasteiger partial charge in [-0.2, -0.15) is 0 Å². The molecule has 0 saturated carbocycles. The van der Waals surface area contributed by atoms with Gasteiger partial charge in [0.1, 0.15) is 0 Å². The molecule has 1 N–H and O–H groups in total. The van der Waals surface area contributed by atoms with Gasteiger partial charge in [0, 0.05) is 10.4 Å². The second kappa shape index (κ2) is 4.50. The summed E-state index contributed by atoms with van der Waals surface area (Å²) in [5, 5.41) is 5.96. The molecule has 1 aliphatic heterocycles. The molecule has 0 radical (unpaired) electrons. The van der Waals surface area contributed by atoms with E-state index in [9.17, 15) is 0 Å². The van der Waals surface area contributed by atoms with Crippen LogP contribution in [-0.2, 0) is 6.42 Å². The Labute approximate surface area is 103 Å². The number of hydrogen-bond donors (Lipinski definition) is 1. The molecule has 2 heterocycles. The van der Waals surface area contributed by atoms with E-state index in [1.165, 1.54) is 37.1 Å². The van der Waals surface area contributed by atoms with E-state index in [4.69, 9.17) is 0 Å². The molecule has 1 unspecified atom stereocenters. The van der Waals surface area contributed by atoms with Crippen molar-refractivity contribution in [2.45, 2.75) is 52.0 Å². The van der Waals surface area contributed by atoms with Crippen molar-refractivity contribution in [3.8, 4) is 0 Å². The minimum Gasteiger partial charge on any atom is -0.311 e. The largest absolute Gasteiger partial charge is 0.311 e. The van der Waals surface area contributed by atoms with E-state index in [-0.39, 0.29) is 0 Å². The van der Waals surface area contributed by atoms with Crippen LogP contribution < -0.4 is 5.32 Å². The van der Waals surface area contributed by atoms with Crippen molar-refractivity contribution in [3.05, 3.63) is 22.4 Å². The molecule has 2 heteroatoms. The maximum absolute atomic E-state index is 3.78. The van der Waals surface area contributed by atoms with Crippen LogP contribution in [0.3, 0.4) is 0 Å². The number of rotatable bonds is 3. The van der Waals surface area contributed by atoms with Gasteiger partial charge in [-0.3, -0.25) is 0 Å². The van der Waals surface area contributed by atoms with Crippen molar-refractivity contribution in [3.63, 3.8) is 0 Å². The second-order valence-corrected chi connectivity index (χ2v) is 6.97. The highest BCUT2D eigenvalue weighted by Gasteiger charge is 2.43. The third-order valence-corrected chi connectivity index (χ3v) is 4.99. The topological polar surface area (TPSA) is 12.0 Å². The van der Waals surface area contributed by atoms with Gasteiger partial charge in [0.15, 0.2) is 0 Å². The Morgan fingerprint density at radius 3 is 2.75 bits per heavy atom. The van der Waals surface area contributed by atoms with Gasteiger partial charge < -0.3 is 5.32 Å². The zero-order valence-corrected chi connectivity index (χ0v) is 11.5. The highest BCUT2D eigenvalue weighted by molar-refractivity contribution is 7.09. The first-order valence-electron chi connectivity index (χ1n) is 6.31. The molecule has 16 heavy (non-hydrogen) atoms. The standard InChI is InChI=1S/C14H23NS/c1-13(2,3)14(8-5-10-15-14)9-7-12-6-4-11-16-12/h4,6,11,15H,5,7-10H2,1-3H3. The number of nitrogens with one attached hydrogen (secondary N) is 1. The molecule has 1 aromatic rings. The Morgan fingerprint density at radius 1 is 1.44 bits per heavy atom. The lowest BCUT2D eigenvalue weighted by Gasteiger charge is -2.42. The fraction of sp³-hybridized carbons (Fsp3) is 0.714. The van der Waals surface area contributed by atoms with E-state index < -0.39 is 0 Å². The van der Waals surface area contributed by atoms with Crippen LogP contribution in [0.15, 0.2) is 17.5 Å². The summed E-state index contributed by atoms with van der Waals surface area (Å²) in [6.07, 6.45) is 5.17. The third-order valence-electron chi connectivity index (χ3n) is 4.06. The lowest BCUT2D eigenvalue weighted by Crippen LogP contribution is -2.51. The second-order valence-electron chi connectivity index (χ2n) is 5.94. The quantitative estimate of drug-likeness (QED) is 0.842. The lowest BCUT2D eigenvalue weighted by atomic mass is 9.70. The van der Waals surface area contributed by atoms with Crippen molar-refractivity contribution in [1.82, 2.24) is 5.32 Å². The van der Waals surface area contributed by atoms with Gasteiger partial charge in [0.2, 0.25) is 0 Å². The maximum atomic E-state index is 3.78. The lowest BCUT2D eigenvalue weighted by molar-refractivity contribution is 0.148. The van der Waals surface area contributed by atoms with Gasteiger partial charge in [0.05, 0.1) is 0 Å². The first-order valence-corrected chi connectivity index (χ1v) is 7.19. The first kappa shape index (κ1) is 12.1. The molecule has 90 valence electrons. The van der Waals surface area contributed by atoms with Crippen LogP contribution in [0.5, 0.6) is 0 Å². The molecule has 0 aromatic carbocycles. The minimum atomic E-state index is 0.358. The Kier molecular flexibility index (Phi) is 3.41. The molecule has 0 aliphatic carbocycles. The predicted octanol–water partition coefficient (Wildman–Crippen LogP) is 3.85. The van der Waals surface area contributed by atoms with Crippen LogP contribution in [0, 0.1) is 5.41 Å². The van der Waals surface area contributed by atoms with Crippen LogP contribution in [0.2, 0.25) is 0 Å². The van der Waals surface area contributed by atoms with Gasteiger partial charge in [-0.1, -0.05) is 26.8 Å². The summed E-state index contributed by atoms with van der Waals surface area (Å²) in [4.78, 5) is 1.53. The zero-order chi connectivity index (χ0) is 11.6. The molecule has 1 aromatic heterocycles. The molecule has 1 fully saturated rings. The van der Waals surface area contributed by atoms with Crippen molar-refractivity contribution in [2.75, 3.05) is 6.54 Å². The van der Waals surface area contributed by atoms with E-state index in [1.807, 2.05) is 11.3 Å². The summed E-state index contributed by atoms with van der Waals surface area (Å²) < 4.78 is 0. The fourth-order valence-corrected chi connectivity index (χ4v) is 3.54. The van der Waals surface area contributed by atoms with E-state index >= 15 is 0 Å². The van der Waals surface area contributed by atoms with E-state index in [0.29, 0.717) is 11.0 Å². The summed E-state index contributed by atoms with van der Waals surface area (Å²) in [7, 11) is 0. The molecule has 0 bridgehead atoms. The average Bonchev–Trinajstić information content (AvgIpc) is 2.86. The normalized spacial score (nSPS) is 26.2. The van der Waals surface area contributed by atoms with E-state index in [2.05, 4.69) is 43.6 Å². The van der Waals surface area contributed by atoms with Gasteiger partial charge in [-0.15, -0.1) is 11.3 Å². The van der Waals surface area contributed by atoms with Crippen molar-refractivity contribution in [1.29, 1.82) is 0 Å². The molecular weight excluding hydrogens is 214 g/mol. The van der Waals surface area contributed by atoms with E-state index in [1.54, 1.807) is 0 Å². The first-order chi connectivity index (χ1) is 7.54. The van der Waals surface area contributed by atoms with Crippen LogP contribution in [0.25, 0.3) is 0 Å². The van der Waals surface area contributed by atoms with Crippen LogP contribution in [-0.4, -0.2) is 12.1 Å². The molecule has 1 saturated heterocycles. The highest BCUT2D eigenvalue weighted by Crippen LogP contribution is 2.40. The van der Waals surface area contributed by atoms with Gasteiger partial charge in [-0.25, -0.2) is 0 Å². The Balaban J connectivity index is 2.04. The number of aryl methyl sites for hydroxylation is 1. The van der Waals surface area contributed by atoms with Gasteiger partial charge in [-0.05, 0) is 49.1 Å². The summed E-state index contributed by atoms with van der Waals surface area (Å²) in [6, 6.07) is 4.42. The highest BCUT2D eigenvalue weighted by atomic mass is 32.1. The van der Waals surface area contributed by atoms with Crippen molar-refractivity contribution < 1.29 is 0 Å². The molecule has 2 rings (SSSR count). The van der Waals surface area contributed by atoms with Crippen molar-refractivity contribution >= 4 is 11.3 Å². The fourth-order valence-electron chi connectivity index (χ4n) is 2.83. The minimum absolute atomic E-state index is 0.358. The van der Waals surface area contributed by atoms with Crippen molar-refractivity contribution in [2.24, 2.45) is 5.41 Å².